The van der Waals surface area contributed by atoms with Gasteiger partial charge in [0.05, 0.1) is 11.1 Å². The van der Waals surface area contributed by atoms with Crippen LogP contribution in [0.2, 0.25) is 0 Å². The second-order valence-corrected chi connectivity index (χ2v) is 6.29. The Labute approximate surface area is 166 Å². The normalized spacial score (nSPS) is 10.3. The Bertz CT molecular complexity index is 964. The Morgan fingerprint density at radius 2 is 0.923 bits per heavy atom. The zero-order chi connectivity index (χ0) is 19.6. The molecule has 0 fully saturated rings. The average molecular weight is 432 g/mol. The van der Waals surface area contributed by atoms with Crippen molar-refractivity contribution in [1.29, 1.82) is 0 Å². The first-order chi connectivity index (χ1) is 12.1. The van der Waals surface area contributed by atoms with E-state index in [0.717, 1.165) is 12.1 Å². The molecule has 26 heavy (non-hydrogen) atoms. The van der Waals surface area contributed by atoms with Crippen molar-refractivity contribution in [3.63, 3.8) is 0 Å². The molecule has 0 aliphatic heterocycles. The first kappa shape index (κ1) is 20.3. The van der Waals surface area contributed by atoms with Gasteiger partial charge in [-0.05, 0) is 70.7 Å². The van der Waals surface area contributed by atoms with Crippen LogP contribution in [0.15, 0.2) is 36.4 Å². The van der Waals surface area contributed by atoms with E-state index >= 15 is 0 Å². The zero-order valence-corrected chi connectivity index (χ0v) is 15.5. The van der Waals surface area contributed by atoms with E-state index in [1.165, 1.54) is 24.3 Å². The molecule has 0 saturated carbocycles. The van der Waals surface area contributed by atoms with Crippen LogP contribution < -0.4 is 0 Å². The van der Waals surface area contributed by atoms with Gasteiger partial charge in [-0.15, -0.1) is 0 Å². The van der Waals surface area contributed by atoms with E-state index in [4.69, 9.17) is 46.4 Å². The molecule has 0 atom stereocenters. The maximum atomic E-state index is 12.7. The number of hydrogen-bond donors (Lipinski definition) is 0. The van der Waals surface area contributed by atoms with Gasteiger partial charge in [-0.2, -0.15) is 0 Å². The Hall–Kier alpha value is -2.05. The summed E-state index contributed by atoms with van der Waals surface area (Å²) in [5.74, 6) is -0.685. The quantitative estimate of drug-likeness (QED) is 0.498. The lowest BCUT2D eigenvalue weighted by atomic mass is 9.92. The van der Waals surface area contributed by atoms with Crippen molar-refractivity contribution < 1.29 is 24.0 Å². The summed E-state index contributed by atoms with van der Waals surface area (Å²) < 4.78 is 0. The van der Waals surface area contributed by atoms with Crippen LogP contribution in [0.3, 0.4) is 0 Å². The third kappa shape index (κ3) is 4.02. The number of carbonyl (C=O) groups excluding carboxylic acids is 5. The molecule has 0 bridgehead atoms. The van der Waals surface area contributed by atoms with Gasteiger partial charge in [0.25, 0.3) is 21.0 Å². The molecular formula is C17H6Cl4O5. The van der Waals surface area contributed by atoms with Gasteiger partial charge in [0.2, 0.25) is 0 Å². The Morgan fingerprint density at radius 1 is 0.500 bits per heavy atom. The van der Waals surface area contributed by atoms with E-state index in [0.29, 0.717) is 0 Å². The molecule has 2 aromatic rings. The molecule has 0 saturated heterocycles. The Morgan fingerprint density at radius 3 is 1.35 bits per heavy atom. The molecule has 0 spiro atoms. The number of rotatable bonds is 6. The predicted octanol–water partition coefficient (Wildman–Crippen LogP) is 4.43. The van der Waals surface area contributed by atoms with Crippen LogP contribution in [0.1, 0.15) is 57.4 Å². The molecule has 0 aliphatic rings. The molecule has 0 aliphatic carbocycles. The standard InChI is InChI=1S/C17H6Cl4O5/c18-14(23)8-3-1-7(2-4-8)13(22)9-5-6-10(15(19)24)12(17(21)26)11(9)16(20)25/h1-6H. The van der Waals surface area contributed by atoms with Crippen molar-refractivity contribution in [2.24, 2.45) is 0 Å². The smallest absolute Gasteiger partial charge is 0.253 e. The van der Waals surface area contributed by atoms with Gasteiger partial charge in [-0.3, -0.25) is 24.0 Å². The average Bonchev–Trinajstić information content (AvgIpc) is 2.59. The van der Waals surface area contributed by atoms with Gasteiger partial charge in [0.1, 0.15) is 0 Å². The summed E-state index contributed by atoms with van der Waals surface area (Å²) in [7, 11) is 0. The van der Waals surface area contributed by atoms with Gasteiger partial charge in [0.15, 0.2) is 5.78 Å². The van der Waals surface area contributed by atoms with E-state index in [1.807, 2.05) is 0 Å². The monoisotopic (exact) mass is 430 g/mol. The van der Waals surface area contributed by atoms with Crippen molar-refractivity contribution in [2.75, 3.05) is 0 Å². The zero-order valence-electron chi connectivity index (χ0n) is 12.5. The first-order valence-corrected chi connectivity index (χ1v) is 8.27. The maximum absolute atomic E-state index is 12.7. The van der Waals surface area contributed by atoms with E-state index in [1.54, 1.807) is 0 Å². The number of benzene rings is 2. The van der Waals surface area contributed by atoms with E-state index in [9.17, 15) is 24.0 Å². The number of carbonyl (C=O) groups is 5. The minimum Gasteiger partial charge on any atom is -0.289 e. The third-order valence-electron chi connectivity index (χ3n) is 3.43. The fourth-order valence-corrected chi connectivity index (χ4v) is 2.95. The van der Waals surface area contributed by atoms with Crippen molar-refractivity contribution in [1.82, 2.24) is 0 Å². The van der Waals surface area contributed by atoms with Crippen LogP contribution in [0.25, 0.3) is 0 Å². The summed E-state index contributed by atoms with van der Waals surface area (Å²) in [5, 5.41) is -4.09. The molecule has 132 valence electrons. The fraction of sp³-hybridized carbons (Fsp3) is 0. The highest BCUT2D eigenvalue weighted by atomic mass is 35.5. The highest BCUT2D eigenvalue weighted by Gasteiger charge is 2.28. The Balaban J connectivity index is 2.69. The second kappa shape index (κ2) is 8.10. The maximum Gasteiger partial charge on any atom is 0.253 e. The van der Waals surface area contributed by atoms with Crippen LogP contribution in [0.4, 0.5) is 0 Å². The second-order valence-electron chi connectivity index (χ2n) is 4.91. The Kier molecular flexibility index (Phi) is 6.31. The van der Waals surface area contributed by atoms with Gasteiger partial charge in [-0.25, -0.2) is 0 Å². The van der Waals surface area contributed by atoms with Crippen molar-refractivity contribution in [2.45, 2.75) is 0 Å². The summed E-state index contributed by atoms with van der Waals surface area (Å²) >= 11 is 21.7. The molecule has 0 aromatic heterocycles. The van der Waals surface area contributed by atoms with Crippen LogP contribution in [0.5, 0.6) is 0 Å². The third-order valence-corrected chi connectivity index (χ3v) is 4.23. The molecule has 0 heterocycles. The van der Waals surface area contributed by atoms with Crippen LogP contribution in [-0.4, -0.2) is 26.8 Å². The molecule has 0 amide bonds. The lowest BCUT2D eigenvalue weighted by Gasteiger charge is -2.11. The highest BCUT2D eigenvalue weighted by Crippen LogP contribution is 2.27. The van der Waals surface area contributed by atoms with Crippen LogP contribution in [-0.2, 0) is 0 Å². The predicted molar refractivity (Wildman–Crippen MR) is 97.1 cm³/mol. The molecule has 9 heteroatoms. The minimum absolute atomic E-state index is 0.0868. The summed E-state index contributed by atoms with van der Waals surface area (Å²) in [4.78, 5) is 58.8. The van der Waals surface area contributed by atoms with Crippen molar-refractivity contribution in [3.8, 4) is 0 Å². The molecule has 0 radical (unpaired) electrons. The van der Waals surface area contributed by atoms with E-state index in [2.05, 4.69) is 0 Å². The van der Waals surface area contributed by atoms with Crippen LogP contribution in [0, 0.1) is 0 Å². The topological polar surface area (TPSA) is 85.3 Å². The largest absolute Gasteiger partial charge is 0.289 e. The SMILES string of the molecule is O=C(Cl)c1ccc(C(=O)c2ccc(C(=O)Cl)c(C(=O)Cl)c2C(=O)Cl)cc1. The lowest BCUT2D eigenvalue weighted by Crippen LogP contribution is -2.15. The lowest BCUT2D eigenvalue weighted by molar-refractivity contribution is 0.101. The minimum atomic E-state index is -1.17. The number of hydrogen-bond acceptors (Lipinski definition) is 5. The van der Waals surface area contributed by atoms with Gasteiger partial charge in [0, 0.05) is 22.3 Å². The van der Waals surface area contributed by atoms with Gasteiger partial charge in [-0.1, -0.05) is 12.1 Å². The summed E-state index contributed by atoms with van der Waals surface area (Å²) in [6.45, 7) is 0. The molecule has 0 N–H and O–H groups in total. The molecular weight excluding hydrogens is 426 g/mol. The molecule has 5 nitrogen and oxygen atoms in total. The van der Waals surface area contributed by atoms with Crippen molar-refractivity contribution >= 4 is 73.2 Å². The van der Waals surface area contributed by atoms with E-state index < -0.39 is 37.9 Å². The molecule has 0 unspecified atom stereocenters. The summed E-state index contributed by atoms with van der Waals surface area (Å²) in [5.41, 5.74) is -1.43. The summed E-state index contributed by atoms with van der Waals surface area (Å²) in [6, 6.07) is 7.48. The van der Waals surface area contributed by atoms with Crippen molar-refractivity contribution in [3.05, 3.63) is 69.8 Å². The van der Waals surface area contributed by atoms with E-state index in [-0.39, 0.29) is 22.3 Å². The van der Waals surface area contributed by atoms with Gasteiger partial charge < -0.3 is 0 Å². The van der Waals surface area contributed by atoms with Gasteiger partial charge >= 0.3 is 0 Å². The van der Waals surface area contributed by atoms with Crippen LogP contribution >= 0.6 is 46.4 Å². The summed E-state index contributed by atoms with van der Waals surface area (Å²) in [6.07, 6.45) is 0. The molecule has 2 aromatic carbocycles. The highest BCUT2D eigenvalue weighted by molar-refractivity contribution is 6.74. The first-order valence-electron chi connectivity index (χ1n) is 6.76. The number of ketones is 1. The molecule has 2 rings (SSSR count). The fourth-order valence-electron chi connectivity index (χ4n) is 2.27. The number of halogens is 4.